The second-order valence-electron chi connectivity index (χ2n) is 7.52. The highest BCUT2D eigenvalue weighted by molar-refractivity contribution is 7.89. The van der Waals surface area contributed by atoms with Gasteiger partial charge in [0, 0.05) is 30.7 Å². The number of benzene rings is 1. The summed E-state index contributed by atoms with van der Waals surface area (Å²) in [6.45, 7) is 3.68. The van der Waals surface area contributed by atoms with E-state index in [4.69, 9.17) is 0 Å². The Bertz CT molecular complexity index is 718. The van der Waals surface area contributed by atoms with Crippen molar-refractivity contribution in [2.45, 2.75) is 75.4 Å². The molecule has 0 radical (unpaired) electrons. The van der Waals surface area contributed by atoms with Gasteiger partial charge in [-0.2, -0.15) is 4.31 Å². The summed E-state index contributed by atoms with van der Waals surface area (Å²) in [7, 11) is -1.93. The molecule has 0 saturated heterocycles. The molecule has 0 bridgehead atoms. The molecule has 138 valence electrons. The number of hydrogen-bond acceptors (Lipinski definition) is 3. The molecule has 0 unspecified atom stereocenters. The summed E-state index contributed by atoms with van der Waals surface area (Å²) < 4.78 is 26.4. The van der Waals surface area contributed by atoms with Crippen LogP contribution in [0.15, 0.2) is 29.2 Å². The van der Waals surface area contributed by atoms with E-state index in [0.29, 0.717) is 17.6 Å². The van der Waals surface area contributed by atoms with Crippen LogP contribution in [0.25, 0.3) is 0 Å². The van der Waals surface area contributed by atoms with Gasteiger partial charge in [0.05, 0.1) is 4.90 Å². The first-order valence-corrected chi connectivity index (χ1v) is 10.7. The summed E-state index contributed by atoms with van der Waals surface area (Å²) >= 11 is 0. The Morgan fingerprint density at radius 1 is 1.00 bits per heavy atom. The average molecular weight is 365 g/mol. The lowest BCUT2D eigenvalue weighted by Crippen LogP contribution is -2.40. The van der Waals surface area contributed by atoms with Crippen LogP contribution in [0, 0.1) is 0 Å². The number of carbonyl (C=O) groups is 1. The van der Waals surface area contributed by atoms with Crippen molar-refractivity contribution < 1.29 is 13.2 Å². The molecule has 1 amide bonds. The quantitative estimate of drug-likeness (QED) is 0.778. The minimum atomic E-state index is -3.51. The fourth-order valence-electron chi connectivity index (χ4n) is 3.53. The zero-order valence-electron chi connectivity index (χ0n) is 15.3. The summed E-state index contributed by atoms with van der Waals surface area (Å²) in [4.78, 5) is 15.3. The minimum Gasteiger partial charge on any atom is -0.333 e. The molecule has 2 aliphatic rings. The van der Waals surface area contributed by atoms with Gasteiger partial charge in [0.25, 0.3) is 5.91 Å². The van der Waals surface area contributed by atoms with Crippen LogP contribution in [0.1, 0.15) is 62.7 Å². The van der Waals surface area contributed by atoms with Gasteiger partial charge in [0.2, 0.25) is 10.0 Å². The molecule has 25 heavy (non-hydrogen) atoms. The highest BCUT2D eigenvalue weighted by Crippen LogP contribution is 2.35. The van der Waals surface area contributed by atoms with E-state index in [-0.39, 0.29) is 16.8 Å². The standard InChI is InChI=1S/C19H28N2O3S/c1-14(2)20(3)25(23,24)18-12-8-15(9-13-18)19(22)21(17-10-11-17)16-6-4-5-7-16/h8-9,12-14,16-17H,4-7,10-11H2,1-3H3. The number of amides is 1. The summed E-state index contributed by atoms with van der Waals surface area (Å²) in [6, 6.07) is 7.06. The van der Waals surface area contributed by atoms with Crippen LogP contribution in [-0.2, 0) is 10.0 Å². The zero-order chi connectivity index (χ0) is 18.2. The Morgan fingerprint density at radius 2 is 1.52 bits per heavy atom. The van der Waals surface area contributed by atoms with Gasteiger partial charge >= 0.3 is 0 Å². The van der Waals surface area contributed by atoms with Gasteiger partial charge in [-0.25, -0.2) is 8.42 Å². The number of hydrogen-bond donors (Lipinski definition) is 0. The molecule has 1 aromatic rings. The van der Waals surface area contributed by atoms with Crippen molar-refractivity contribution in [2.24, 2.45) is 0 Å². The van der Waals surface area contributed by atoms with Crippen LogP contribution in [-0.4, -0.2) is 48.7 Å². The Hall–Kier alpha value is -1.40. The number of nitrogens with zero attached hydrogens (tertiary/aromatic N) is 2. The third kappa shape index (κ3) is 3.75. The van der Waals surface area contributed by atoms with E-state index in [1.807, 2.05) is 13.8 Å². The number of carbonyl (C=O) groups excluding carboxylic acids is 1. The SMILES string of the molecule is CC(C)N(C)S(=O)(=O)c1ccc(C(=O)N(C2CCCC2)C2CC2)cc1. The second kappa shape index (κ2) is 7.08. The largest absolute Gasteiger partial charge is 0.333 e. The first-order valence-electron chi connectivity index (χ1n) is 9.23. The highest BCUT2D eigenvalue weighted by atomic mass is 32.2. The van der Waals surface area contributed by atoms with Crippen molar-refractivity contribution >= 4 is 15.9 Å². The van der Waals surface area contributed by atoms with Crippen LogP contribution in [0.3, 0.4) is 0 Å². The second-order valence-corrected chi connectivity index (χ2v) is 9.52. The lowest BCUT2D eigenvalue weighted by Gasteiger charge is -2.29. The molecule has 3 rings (SSSR count). The molecule has 0 atom stereocenters. The average Bonchev–Trinajstić information content (AvgIpc) is 3.28. The van der Waals surface area contributed by atoms with Crippen molar-refractivity contribution in [1.82, 2.24) is 9.21 Å². The van der Waals surface area contributed by atoms with Gasteiger partial charge in [-0.15, -0.1) is 0 Å². The summed E-state index contributed by atoms with van der Waals surface area (Å²) in [5, 5.41) is 0. The molecular formula is C19H28N2O3S. The first-order chi connectivity index (χ1) is 11.8. The van der Waals surface area contributed by atoms with Crippen LogP contribution in [0.4, 0.5) is 0 Å². The van der Waals surface area contributed by atoms with Crippen molar-refractivity contribution in [3.8, 4) is 0 Å². The lowest BCUT2D eigenvalue weighted by atomic mass is 10.1. The fourth-order valence-corrected chi connectivity index (χ4v) is 4.89. The zero-order valence-corrected chi connectivity index (χ0v) is 16.1. The molecule has 1 aromatic carbocycles. The Labute approximate surface area is 151 Å². The molecule has 5 nitrogen and oxygen atoms in total. The van der Waals surface area contributed by atoms with Gasteiger partial charge in [-0.3, -0.25) is 4.79 Å². The lowest BCUT2D eigenvalue weighted by molar-refractivity contribution is 0.0664. The predicted molar refractivity (Wildman–Crippen MR) is 98.0 cm³/mol. The third-order valence-electron chi connectivity index (χ3n) is 5.40. The van der Waals surface area contributed by atoms with E-state index in [9.17, 15) is 13.2 Å². The molecule has 0 N–H and O–H groups in total. The summed E-state index contributed by atoms with van der Waals surface area (Å²) in [5.74, 6) is 0.0514. The Morgan fingerprint density at radius 3 is 2.00 bits per heavy atom. The summed E-state index contributed by atoms with van der Waals surface area (Å²) in [5.41, 5.74) is 0.588. The molecule has 0 spiro atoms. The third-order valence-corrected chi connectivity index (χ3v) is 7.45. The summed E-state index contributed by atoms with van der Waals surface area (Å²) in [6.07, 6.45) is 6.75. The molecule has 0 aromatic heterocycles. The molecule has 2 fully saturated rings. The van der Waals surface area contributed by atoms with Crippen LogP contribution in [0.2, 0.25) is 0 Å². The topological polar surface area (TPSA) is 57.7 Å². The molecule has 0 aliphatic heterocycles. The number of sulfonamides is 1. The molecular weight excluding hydrogens is 336 g/mol. The monoisotopic (exact) mass is 364 g/mol. The van der Waals surface area contributed by atoms with E-state index in [2.05, 4.69) is 4.90 Å². The Balaban J connectivity index is 1.80. The van der Waals surface area contributed by atoms with Crippen LogP contribution < -0.4 is 0 Å². The normalized spacial score (nSPS) is 18.9. The highest BCUT2D eigenvalue weighted by Gasteiger charge is 2.38. The van der Waals surface area contributed by atoms with Crippen molar-refractivity contribution in [3.05, 3.63) is 29.8 Å². The van der Waals surface area contributed by atoms with E-state index in [1.54, 1.807) is 31.3 Å². The van der Waals surface area contributed by atoms with Crippen LogP contribution >= 0.6 is 0 Å². The van der Waals surface area contributed by atoms with Crippen molar-refractivity contribution in [1.29, 1.82) is 0 Å². The predicted octanol–water partition coefficient (Wildman–Crippen LogP) is 3.26. The van der Waals surface area contributed by atoms with Crippen molar-refractivity contribution in [2.75, 3.05) is 7.05 Å². The maximum absolute atomic E-state index is 13.0. The molecule has 6 heteroatoms. The fraction of sp³-hybridized carbons (Fsp3) is 0.632. The molecule has 0 heterocycles. The minimum absolute atomic E-state index is 0.0514. The maximum Gasteiger partial charge on any atom is 0.254 e. The van der Waals surface area contributed by atoms with Gasteiger partial charge in [-0.1, -0.05) is 12.8 Å². The smallest absolute Gasteiger partial charge is 0.254 e. The first kappa shape index (κ1) is 18.4. The van der Waals surface area contributed by atoms with Crippen molar-refractivity contribution in [3.63, 3.8) is 0 Å². The Kier molecular flexibility index (Phi) is 5.21. The molecule has 2 aliphatic carbocycles. The van der Waals surface area contributed by atoms with E-state index < -0.39 is 10.0 Å². The number of rotatable bonds is 6. The van der Waals surface area contributed by atoms with E-state index >= 15 is 0 Å². The van der Waals surface area contributed by atoms with Gasteiger partial charge in [0.1, 0.15) is 0 Å². The maximum atomic E-state index is 13.0. The van der Waals surface area contributed by atoms with Gasteiger partial charge < -0.3 is 4.90 Å². The van der Waals surface area contributed by atoms with Gasteiger partial charge in [0.15, 0.2) is 0 Å². The van der Waals surface area contributed by atoms with E-state index in [1.165, 1.54) is 17.1 Å². The van der Waals surface area contributed by atoms with Crippen LogP contribution in [0.5, 0.6) is 0 Å². The van der Waals surface area contributed by atoms with E-state index in [0.717, 1.165) is 25.7 Å². The van der Waals surface area contributed by atoms with Gasteiger partial charge in [-0.05, 0) is 63.8 Å². The molecule has 2 saturated carbocycles.